The van der Waals surface area contributed by atoms with Gasteiger partial charge in [0.15, 0.2) is 0 Å². The molecule has 5 nitrogen and oxygen atoms in total. The maximum absolute atomic E-state index is 13.2. The van der Waals surface area contributed by atoms with Gasteiger partial charge in [-0.3, -0.25) is 9.59 Å². The van der Waals surface area contributed by atoms with Crippen molar-refractivity contribution in [2.24, 2.45) is 0 Å². The van der Waals surface area contributed by atoms with Gasteiger partial charge in [0.25, 0.3) is 5.91 Å². The Bertz CT molecular complexity index is 650. The topological polar surface area (TPSA) is 43.9 Å². The fourth-order valence-corrected chi connectivity index (χ4v) is 4.50. The highest BCUT2D eigenvalue weighted by Crippen LogP contribution is 2.37. The molecule has 136 valence electrons. The number of hydrogen-bond donors (Lipinski definition) is 0. The Hall–Kier alpha value is -2.04. The van der Waals surface area contributed by atoms with Crippen LogP contribution in [0.5, 0.6) is 0 Å². The van der Waals surface area contributed by atoms with Crippen molar-refractivity contribution in [3.63, 3.8) is 0 Å². The fraction of sp³-hybridized carbons (Fsp3) is 0.600. The van der Waals surface area contributed by atoms with E-state index in [0.717, 1.165) is 36.9 Å². The Kier molecular flexibility index (Phi) is 5.02. The monoisotopic (exact) mass is 343 g/mol. The summed E-state index contributed by atoms with van der Waals surface area (Å²) in [6, 6.07) is 7.77. The Morgan fingerprint density at radius 1 is 1.04 bits per heavy atom. The molecular weight excluding hydrogens is 314 g/mol. The third-order valence-corrected chi connectivity index (χ3v) is 5.72. The Labute approximate surface area is 150 Å². The number of benzene rings is 1. The summed E-state index contributed by atoms with van der Waals surface area (Å²) in [5, 5.41) is 0. The maximum atomic E-state index is 13.2. The van der Waals surface area contributed by atoms with Crippen molar-refractivity contribution in [1.29, 1.82) is 0 Å². The van der Waals surface area contributed by atoms with Gasteiger partial charge in [0.05, 0.1) is 11.1 Å². The first-order valence-corrected chi connectivity index (χ1v) is 9.28. The lowest BCUT2D eigenvalue weighted by Gasteiger charge is -2.52. The second-order valence-electron chi connectivity index (χ2n) is 7.59. The average molecular weight is 343 g/mol. The Balaban J connectivity index is 1.87. The third-order valence-electron chi connectivity index (χ3n) is 5.72. The molecule has 2 aliphatic rings. The molecule has 1 heterocycles. The number of nitrogens with zero attached hydrogens (tertiary/aromatic N) is 3. The van der Waals surface area contributed by atoms with Crippen LogP contribution in [0.1, 0.15) is 49.4 Å². The molecule has 2 amide bonds. The summed E-state index contributed by atoms with van der Waals surface area (Å²) < 4.78 is 0. The zero-order chi connectivity index (χ0) is 18.0. The molecule has 1 saturated carbocycles. The summed E-state index contributed by atoms with van der Waals surface area (Å²) >= 11 is 0. The SMILES string of the molecule is CC(=O)N1CCN(C(=O)c2ccccc2N(C)C)CC12CCCCC2. The highest BCUT2D eigenvalue weighted by atomic mass is 16.2. The molecule has 0 aromatic heterocycles. The molecule has 1 aromatic rings. The van der Waals surface area contributed by atoms with Gasteiger partial charge in [-0.25, -0.2) is 0 Å². The van der Waals surface area contributed by atoms with E-state index < -0.39 is 0 Å². The van der Waals surface area contributed by atoms with E-state index in [1.165, 1.54) is 6.42 Å². The summed E-state index contributed by atoms with van der Waals surface area (Å²) in [4.78, 5) is 31.4. The van der Waals surface area contributed by atoms with Gasteiger partial charge in [-0.2, -0.15) is 0 Å². The standard InChI is InChI=1S/C20H29N3O2/c1-16(24)23-14-13-22(15-20(23)11-7-4-8-12-20)19(25)17-9-5-6-10-18(17)21(2)3/h5-6,9-10H,4,7-8,11-15H2,1-3H3. The first-order valence-electron chi connectivity index (χ1n) is 9.28. The number of amides is 2. The molecule has 1 aliphatic carbocycles. The minimum absolute atomic E-state index is 0.0810. The average Bonchev–Trinajstić information content (AvgIpc) is 2.61. The number of rotatable bonds is 2. The van der Waals surface area contributed by atoms with Crippen molar-refractivity contribution >= 4 is 17.5 Å². The molecule has 0 radical (unpaired) electrons. The highest BCUT2D eigenvalue weighted by Gasteiger charge is 2.45. The predicted molar refractivity (Wildman–Crippen MR) is 99.9 cm³/mol. The number of carbonyl (C=O) groups is 2. The summed E-state index contributed by atoms with van der Waals surface area (Å²) in [5.74, 6) is 0.222. The van der Waals surface area contributed by atoms with Crippen LogP contribution in [0.4, 0.5) is 5.69 Å². The smallest absolute Gasteiger partial charge is 0.256 e. The maximum Gasteiger partial charge on any atom is 0.256 e. The van der Waals surface area contributed by atoms with E-state index >= 15 is 0 Å². The van der Waals surface area contributed by atoms with Crippen LogP contribution in [0, 0.1) is 0 Å². The van der Waals surface area contributed by atoms with Crippen molar-refractivity contribution in [2.75, 3.05) is 38.6 Å². The molecule has 0 bridgehead atoms. The van der Waals surface area contributed by atoms with E-state index in [9.17, 15) is 9.59 Å². The van der Waals surface area contributed by atoms with Crippen LogP contribution in [0.25, 0.3) is 0 Å². The van der Waals surface area contributed by atoms with E-state index in [-0.39, 0.29) is 17.4 Å². The van der Waals surface area contributed by atoms with Gasteiger partial charge < -0.3 is 14.7 Å². The second kappa shape index (κ2) is 7.06. The van der Waals surface area contributed by atoms with Crippen LogP contribution in [0.3, 0.4) is 0 Å². The predicted octanol–water partition coefficient (Wildman–Crippen LogP) is 2.76. The molecule has 1 saturated heterocycles. The van der Waals surface area contributed by atoms with Crippen molar-refractivity contribution in [2.45, 2.75) is 44.6 Å². The summed E-state index contributed by atoms with van der Waals surface area (Å²) in [5.41, 5.74) is 1.53. The second-order valence-corrected chi connectivity index (χ2v) is 7.59. The summed E-state index contributed by atoms with van der Waals surface area (Å²) in [6.45, 7) is 3.58. The molecule has 0 N–H and O–H groups in total. The van der Waals surface area contributed by atoms with Gasteiger partial charge in [-0.15, -0.1) is 0 Å². The number of hydrogen-bond acceptors (Lipinski definition) is 3. The number of para-hydroxylation sites is 1. The quantitative estimate of drug-likeness (QED) is 0.829. The minimum Gasteiger partial charge on any atom is -0.377 e. The summed E-state index contributed by atoms with van der Waals surface area (Å²) in [6.07, 6.45) is 5.52. The normalized spacial score (nSPS) is 19.8. The lowest BCUT2D eigenvalue weighted by Crippen LogP contribution is -2.65. The van der Waals surface area contributed by atoms with Crippen molar-refractivity contribution in [3.05, 3.63) is 29.8 Å². The van der Waals surface area contributed by atoms with Crippen molar-refractivity contribution in [3.8, 4) is 0 Å². The number of carbonyl (C=O) groups excluding carboxylic acids is 2. The van der Waals surface area contributed by atoms with E-state index in [1.807, 2.05) is 53.1 Å². The number of piperazine rings is 1. The molecule has 1 aliphatic heterocycles. The van der Waals surface area contributed by atoms with Crippen molar-refractivity contribution in [1.82, 2.24) is 9.80 Å². The Morgan fingerprint density at radius 2 is 1.72 bits per heavy atom. The van der Waals surface area contributed by atoms with Crippen LogP contribution in [-0.4, -0.2) is 60.9 Å². The van der Waals surface area contributed by atoms with Gasteiger partial charge in [-0.1, -0.05) is 31.4 Å². The molecule has 0 atom stereocenters. The first-order chi connectivity index (χ1) is 11.9. The number of anilines is 1. The minimum atomic E-state index is -0.162. The van der Waals surface area contributed by atoms with Crippen LogP contribution >= 0.6 is 0 Å². The largest absolute Gasteiger partial charge is 0.377 e. The molecule has 0 unspecified atom stereocenters. The van der Waals surface area contributed by atoms with Crippen LogP contribution in [-0.2, 0) is 4.79 Å². The van der Waals surface area contributed by atoms with Crippen LogP contribution in [0.2, 0.25) is 0 Å². The zero-order valence-corrected chi connectivity index (χ0v) is 15.6. The van der Waals surface area contributed by atoms with Crippen LogP contribution in [0.15, 0.2) is 24.3 Å². The zero-order valence-electron chi connectivity index (χ0n) is 15.6. The van der Waals surface area contributed by atoms with E-state index in [0.29, 0.717) is 19.6 Å². The molecule has 25 heavy (non-hydrogen) atoms. The lowest BCUT2D eigenvalue weighted by atomic mass is 9.78. The summed E-state index contributed by atoms with van der Waals surface area (Å²) in [7, 11) is 3.92. The van der Waals surface area contributed by atoms with Gasteiger partial charge in [0, 0.05) is 46.3 Å². The molecule has 3 rings (SSSR count). The van der Waals surface area contributed by atoms with E-state index in [4.69, 9.17) is 0 Å². The molecule has 5 heteroatoms. The fourth-order valence-electron chi connectivity index (χ4n) is 4.50. The lowest BCUT2D eigenvalue weighted by molar-refractivity contribution is -0.141. The molecule has 2 fully saturated rings. The highest BCUT2D eigenvalue weighted by molar-refractivity contribution is 6.00. The first kappa shape index (κ1) is 17.8. The van der Waals surface area contributed by atoms with Gasteiger partial charge in [0.1, 0.15) is 0 Å². The van der Waals surface area contributed by atoms with Gasteiger partial charge >= 0.3 is 0 Å². The Morgan fingerprint density at radius 3 is 2.36 bits per heavy atom. The van der Waals surface area contributed by atoms with E-state index in [2.05, 4.69) is 0 Å². The van der Waals surface area contributed by atoms with Crippen molar-refractivity contribution < 1.29 is 9.59 Å². The molecule has 1 aromatic carbocycles. The van der Waals surface area contributed by atoms with Gasteiger partial charge in [-0.05, 0) is 25.0 Å². The van der Waals surface area contributed by atoms with Gasteiger partial charge in [0.2, 0.25) is 5.91 Å². The van der Waals surface area contributed by atoms with Crippen LogP contribution < -0.4 is 4.90 Å². The third kappa shape index (κ3) is 3.37. The molecule has 1 spiro atoms. The van der Waals surface area contributed by atoms with E-state index in [1.54, 1.807) is 6.92 Å². The molecular formula is C20H29N3O2.